The summed E-state index contributed by atoms with van der Waals surface area (Å²) in [6, 6.07) is 20.1. The lowest BCUT2D eigenvalue weighted by Crippen LogP contribution is -2.50. The highest BCUT2D eigenvalue weighted by Gasteiger charge is 2.51. The molecule has 0 bridgehead atoms. The molecule has 1 saturated heterocycles. The molecule has 1 N–H and O–H groups in total. The number of anilines is 1. The number of pyridine rings is 1. The molecule has 1 aliphatic carbocycles. The Labute approximate surface area is 217 Å². The van der Waals surface area contributed by atoms with E-state index in [4.69, 9.17) is 0 Å². The Hall–Kier alpha value is -3.80. The zero-order valence-electron chi connectivity index (χ0n) is 21.2. The van der Waals surface area contributed by atoms with Crippen molar-refractivity contribution in [3.63, 3.8) is 0 Å². The molecule has 1 unspecified atom stereocenters. The smallest absolute Gasteiger partial charge is 0.235 e. The number of likely N-dealkylation sites (tertiary alicyclic amines) is 1. The minimum Gasteiger partial charge on any atom is -0.339 e. The van der Waals surface area contributed by atoms with Crippen molar-refractivity contribution in [2.75, 3.05) is 11.9 Å². The number of piperidine rings is 1. The van der Waals surface area contributed by atoms with Gasteiger partial charge >= 0.3 is 0 Å². The molecule has 6 rings (SSSR count). The number of rotatable bonds is 5. The van der Waals surface area contributed by atoms with Crippen molar-refractivity contribution in [3.05, 3.63) is 94.8 Å². The monoisotopic (exact) mass is 493 g/mol. The molecule has 1 spiro atoms. The van der Waals surface area contributed by atoms with Crippen LogP contribution in [0.5, 0.6) is 0 Å². The van der Waals surface area contributed by atoms with E-state index in [0.717, 1.165) is 22.5 Å². The van der Waals surface area contributed by atoms with Crippen LogP contribution in [0, 0.1) is 5.92 Å². The average molecular weight is 494 g/mol. The third-order valence-corrected chi connectivity index (χ3v) is 8.71. The van der Waals surface area contributed by atoms with Gasteiger partial charge in [0.25, 0.3) is 0 Å². The number of hydrogen-bond donors (Lipinski definition) is 1. The van der Waals surface area contributed by atoms with E-state index >= 15 is 0 Å². The fourth-order valence-corrected chi connectivity index (χ4v) is 6.73. The molecular weight excluding hydrogens is 462 g/mol. The predicted octanol–water partition coefficient (Wildman–Crippen LogP) is 4.68. The molecule has 3 heterocycles. The molecule has 0 radical (unpaired) electrons. The van der Waals surface area contributed by atoms with E-state index in [-0.39, 0.29) is 41.9 Å². The largest absolute Gasteiger partial charge is 0.339 e. The van der Waals surface area contributed by atoms with Crippen LogP contribution in [0.15, 0.2) is 66.9 Å². The molecule has 6 nitrogen and oxygen atoms in total. The summed E-state index contributed by atoms with van der Waals surface area (Å²) in [7, 11) is 0. The fraction of sp³-hybridized carbons (Fsp3) is 0.355. The zero-order valence-corrected chi connectivity index (χ0v) is 21.2. The number of hydrogen-bond acceptors (Lipinski definition) is 4. The summed E-state index contributed by atoms with van der Waals surface area (Å²) in [6.45, 7) is 4.73. The van der Waals surface area contributed by atoms with Gasteiger partial charge in [0.05, 0.1) is 5.41 Å². The van der Waals surface area contributed by atoms with Gasteiger partial charge in [-0.15, -0.1) is 0 Å². The molecule has 2 amide bonds. The molecule has 6 heteroatoms. The van der Waals surface area contributed by atoms with Gasteiger partial charge in [0.15, 0.2) is 5.78 Å². The van der Waals surface area contributed by atoms with Crippen LogP contribution in [-0.2, 0) is 27.8 Å². The number of aromatic nitrogens is 1. The molecule has 3 aliphatic rings. The molecule has 37 heavy (non-hydrogen) atoms. The van der Waals surface area contributed by atoms with Gasteiger partial charge in [0.2, 0.25) is 11.8 Å². The van der Waals surface area contributed by atoms with Crippen molar-refractivity contribution in [2.24, 2.45) is 5.92 Å². The number of likely N-dealkylation sites (N-methyl/N-ethyl adjacent to an activating group) is 1. The van der Waals surface area contributed by atoms with Crippen LogP contribution >= 0.6 is 0 Å². The summed E-state index contributed by atoms with van der Waals surface area (Å²) < 4.78 is 0. The highest BCUT2D eigenvalue weighted by molar-refractivity contribution is 6.07. The van der Waals surface area contributed by atoms with Crippen molar-refractivity contribution < 1.29 is 14.4 Å². The second-order valence-electron chi connectivity index (χ2n) is 10.7. The summed E-state index contributed by atoms with van der Waals surface area (Å²) in [5.74, 6) is -0.184. The highest BCUT2D eigenvalue weighted by atomic mass is 16.2. The first kappa shape index (κ1) is 23.6. The van der Waals surface area contributed by atoms with Crippen LogP contribution in [0.4, 0.5) is 5.69 Å². The Kier molecular flexibility index (Phi) is 5.70. The summed E-state index contributed by atoms with van der Waals surface area (Å²) in [5.41, 5.74) is 4.74. The van der Waals surface area contributed by atoms with Gasteiger partial charge in [-0.2, -0.15) is 0 Å². The van der Waals surface area contributed by atoms with Crippen LogP contribution in [0.2, 0.25) is 0 Å². The second-order valence-corrected chi connectivity index (χ2v) is 10.7. The lowest BCUT2D eigenvalue weighted by Gasteiger charge is -2.42. The third kappa shape index (κ3) is 3.78. The van der Waals surface area contributed by atoms with Crippen LogP contribution in [0.25, 0.3) is 0 Å². The van der Waals surface area contributed by atoms with Crippen LogP contribution < -0.4 is 5.32 Å². The minimum atomic E-state index is -0.659. The zero-order chi connectivity index (χ0) is 25.7. The first-order chi connectivity index (χ1) is 17.9. The lowest BCUT2D eigenvalue weighted by atomic mass is 9.77. The topological polar surface area (TPSA) is 79.4 Å². The molecule has 1 aromatic heterocycles. The molecule has 2 aromatic carbocycles. The number of carbonyl (C=O) groups is 3. The Morgan fingerprint density at radius 1 is 1.08 bits per heavy atom. The van der Waals surface area contributed by atoms with Gasteiger partial charge in [-0.05, 0) is 55.5 Å². The Bertz CT molecular complexity index is 1400. The van der Waals surface area contributed by atoms with Crippen molar-refractivity contribution in [2.45, 2.75) is 56.9 Å². The maximum atomic E-state index is 13.5. The molecule has 0 saturated carbocycles. The average Bonchev–Trinajstić information content (AvgIpc) is 3.43. The van der Waals surface area contributed by atoms with E-state index in [1.54, 1.807) is 6.20 Å². The number of Topliss-reactive ketones (excluding diaryl/α,β-unsaturated/α-hetero) is 1. The predicted molar refractivity (Wildman–Crippen MR) is 141 cm³/mol. The maximum Gasteiger partial charge on any atom is 0.235 e. The third-order valence-electron chi connectivity index (χ3n) is 8.71. The van der Waals surface area contributed by atoms with Gasteiger partial charge < -0.3 is 10.2 Å². The molecule has 188 valence electrons. The fourth-order valence-electron chi connectivity index (χ4n) is 6.73. The number of nitrogens with one attached hydrogen (secondary N) is 1. The lowest BCUT2D eigenvalue weighted by molar-refractivity contribution is -0.142. The van der Waals surface area contributed by atoms with Crippen LogP contribution in [0.1, 0.15) is 65.3 Å². The van der Waals surface area contributed by atoms with E-state index in [2.05, 4.69) is 29.4 Å². The molecular formula is C31H31N3O3. The van der Waals surface area contributed by atoms with Crippen molar-refractivity contribution in [1.29, 1.82) is 0 Å². The van der Waals surface area contributed by atoms with Gasteiger partial charge in [0.1, 0.15) is 0 Å². The molecule has 4 atom stereocenters. The van der Waals surface area contributed by atoms with E-state index in [0.29, 0.717) is 31.4 Å². The van der Waals surface area contributed by atoms with E-state index in [9.17, 15) is 14.4 Å². The summed E-state index contributed by atoms with van der Waals surface area (Å²) in [4.78, 5) is 46.4. The summed E-state index contributed by atoms with van der Waals surface area (Å²) in [6.07, 6.45) is 3.51. The molecule has 3 aromatic rings. The summed E-state index contributed by atoms with van der Waals surface area (Å²) in [5, 5.41) is 3.02. The van der Waals surface area contributed by atoms with E-state index < -0.39 is 5.41 Å². The van der Waals surface area contributed by atoms with Crippen molar-refractivity contribution >= 4 is 23.3 Å². The second kappa shape index (κ2) is 8.94. The number of nitrogens with zero attached hydrogens (tertiary/aromatic N) is 2. The first-order valence-corrected chi connectivity index (χ1v) is 13.2. The standard InChI is InChI=1S/C31H31N3O3/c1-3-34-19(2)24(20-9-5-4-6-10-20)14-21(29(34)36)15-28(35)23-13-22-16-31(17-27(22)32-18-23)25-11-7-8-12-26(25)33-30(31)37/h4-13,18-19,21,24H,3,14-17H2,1-2H3,(H,33,37)/t19-,21-,24?,31+/m1/s1. The van der Waals surface area contributed by atoms with E-state index in [1.807, 2.05) is 60.4 Å². The Morgan fingerprint density at radius 2 is 1.84 bits per heavy atom. The SMILES string of the molecule is CCN1C(=O)[C@@H](CC(=O)c2cnc3c(c2)C[C@@]2(C3)C(=O)Nc3ccccc32)CC(c2ccccc2)[C@H]1C. The van der Waals surface area contributed by atoms with Crippen LogP contribution in [-0.4, -0.2) is 40.1 Å². The first-order valence-electron chi connectivity index (χ1n) is 13.2. The molecule has 1 fully saturated rings. The van der Waals surface area contributed by atoms with Gasteiger partial charge in [-0.1, -0.05) is 48.5 Å². The molecule has 2 aliphatic heterocycles. The quantitative estimate of drug-likeness (QED) is 0.524. The number of carbonyl (C=O) groups excluding carboxylic acids is 3. The number of para-hydroxylation sites is 1. The van der Waals surface area contributed by atoms with Crippen LogP contribution in [0.3, 0.4) is 0 Å². The maximum absolute atomic E-state index is 13.5. The minimum absolute atomic E-state index is 0.00638. The van der Waals surface area contributed by atoms with Gasteiger partial charge in [-0.3, -0.25) is 19.4 Å². The van der Waals surface area contributed by atoms with E-state index in [1.165, 1.54) is 5.56 Å². The number of benzene rings is 2. The van der Waals surface area contributed by atoms with Gasteiger partial charge in [-0.25, -0.2) is 0 Å². The Balaban J connectivity index is 1.23. The normalized spacial score (nSPS) is 26.2. The number of amides is 2. The highest BCUT2D eigenvalue weighted by Crippen LogP contribution is 2.47. The van der Waals surface area contributed by atoms with Crippen molar-refractivity contribution in [3.8, 4) is 0 Å². The number of fused-ring (bicyclic) bond motifs is 3. The summed E-state index contributed by atoms with van der Waals surface area (Å²) >= 11 is 0. The number of ketones is 1. The Morgan fingerprint density at radius 3 is 2.62 bits per heavy atom. The van der Waals surface area contributed by atoms with Gasteiger partial charge in [0, 0.05) is 60.4 Å². The van der Waals surface area contributed by atoms with Crippen molar-refractivity contribution in [1.82, 2.24) is 9.88 Å².